The molecule has 23 rings (SSSR count). The number of hydrogen-bond donors (Lipinski definition) is 6. The minimum Gasteiger partial charge on any atom is -0.469 e. The molecule has 3 unspecified atom stereocenters. The van der Waals surface area contributed by atoms with Gasteiger partial charge in [0.05, 0.1) is 45.9 Å². The molecule has 0 saturated heterocycles. The smallest absolute Gasteiger partial charge is 0.308 e. The molecule has 0 spiro atoms. The van der Waals surface area contributed by atoms with Crippen LogP contribution in [0.5, 0.6) is 0 Å². The molecule has 28 nitrogen and oxygen atoms in total. The molecule has 0 radical (unpaired) electrons. The Bertz CT molecular complexity index is 6140. The molecule has 10 N–H and O–H groups in total. The van der Waals surface area contributed by atoms with Crippen LogP contribution in [-0.2, 0) is 53.0 Å². The fourth-order valence-corrected chi connectivity index (χ4v) is 21.0. The van der Waals surface area contributed by atoms with Gasteiger partial charge in [0.2, 0.25) is 0 Å². The molecule has 6 fully saturated rings. The van der Waals surface area contributed by atoms with Gasteiger partial charge in [-0.05, 0) is 210 Å². The van der Waals surface area contributed by atoms with Gasteiger partial charge in [0.25, 0.3) is 0 Å². The first-order valence-electron chi connectivity index (χ1n) is 42.6. The van der Waals surface area contributed by atoms with E-state index in [2.05, 4.69) is 137 Å². The molecule has 10 aliphatic rings. The van der Waals surface area contributed by atoms with Gasteiger partial charge in [-0.1, -0.05) is 48.4 Å². The van der Waals surface area contributed by atoms with E-state index in [1.54, 1.807) is 25.9 Å². The van der Waals surface area contributed by atoms with Gasteiger partial charge < -0.3 is 74.3 Å². The predicted molar refractivity (Wildman–Crippen MR) is 445 cm³/mol. The summed E-state index contributed by atoms with van der Waals surface area (Å²) >= 11 is 0. The molecule has 3 atom stereocenters. The maximum atomic E-state index is 12.0. The number of hydrogen-bond acceptors (Lipinski definition) is 23. The number of nitrogens with two attached hydrogens (primary N) is 4. The highest BCUT2D eigenvalue weighted by Crippen LogP contribution is 2.58. The van der Waals surface area contributed by atoms with Crippen LogP contribution in [0, 0.1) is 17.8 Å². The maximum Gasteiger partial charge on any atom is 0.308 e. The molecule has 12 aromatic heterocycles. The van der Waals surface area contributed by atoms with Gasteiger partial charge >= 0.3 is 5.97 Å². The Morgan fingerprint density at radius 2 is 0.966 bits per heavy atom. The molecule has 0 amide bonds. The summed E-state index contributed by atoms with van der Waals surface area (Å²) in [7, 11) is 1.45. The first kappa shape index (κ1) is 74.9. The van der Waals surface area contributed by atoms with Crippen molar-refractivity contribution >= 4 is 90.1 Å². The second kappa shape index (κ2) is 28.5. The van der Waals surface area contributed by atoms with Crippen molar-refractivity contribution < 1.29 is 38.1 Å². The van der Waals surface area contributed by atoms with Gasteiger partial charge in [-0.3, -0.25) is 9.59 Å². The molecule has 13 heterocycles. The summed E-state index contributed by atoms with van der Waals surface area (Å²) in [6.45, 7) is 17.8. The molecule has 6 saturated carbocycles. The van der Waals surface area contributed by atoms with Crippen molar-refractivity contribution in [2.75, 3.05) is 36.7 Å². The molecule has 28 heteroatoms. The molecule has 9 aliphatic carbocycles. The SMILES string of the molecule is CC(=O)Cc1ccc2cc3n(c2c1)CCCc1c-3c2c(N)ncnc2n1C(C)C.CC1CCc2c(c3c(N)ncnc3n2C2CC(C(C)(C)O)C2)-c2noc(C3CC3)c21.CC1CCc2c(c3c(N)ncnc3n2C2CC(CO)C2)-c2noc(C3CC3)c21.COC(=O)C1CC(n2c3c(c4c(N)ncnc42)-c2noc(C4CC4)c2C(C)CC3)C1. The number of aryl methyl sites for hydroxylation is 1. The fraction of sp³-hybridized carbons (Fsp3) is 0.517. The van der Waals surface area contributed by atoms with Crippen LogP contribution in [0.25, 0.3) is 100 Å². The first-order valence-corrected chi connectivity index (χ1v) is 42.6. The zero-order valence-electron chi connectivity index (χ0n) is 68.2. The van der Waals surface area contributed by atoms with E-state index in [0.29, 0.717) is 89.1 Å². The summed E-state index contributed by atoms with van der Waals surface area (Å²) < 4.78 is 34.3. The van der Waals surface area contributed by atoms with E-state index in [4.69, 9.17) is 41.2 Å². The third kappa shape index (κ3) is 12.3. The van der Waals surface area contributed by atoms with E-state index < -0.39 is 5.60 Å². The quantitative estimate of drug-likeness (QED) is 0.0619. The Labute approximate surface area is 676 Å². The summed E-state index contributed by atoms with van der Waals surface area (Å²) in [5.41, 5.74) is 47.7. The number of methoxy groups -OCH3 is 1. The van der Waals surface area contributed by atoms with Crippen molar-refractivity contribution in [2.24, 2.45) is 17.8 Å². The predicted octanol–water partition coefficient (Wildman–Crippen LogP) is 15.9. The number of esters is 1. The summed E-state index contributed by atoms with van der Waals surface area (Å²) in [4.78, 5) is 59.3. The lowest BCUT2D eigenvalue weighted by Crippen LogP contribution is -2.41. The van der Waals surface area contributed by atoms with Gasteiger partial charge in [0, 0.05) is 134 Å². The van der Waals surface area contributed by atoms with Gasteiger partial charge in [-0.2, -0.15) is 0 Å². The van der Waals surface area contributed by atoms with Crippen LogP contribution < -0.4 is 22.9 Å². The average molecular weight is 1580 g/mol. The monoisotopic (exact) mass is 1580 g/mol. The van der Waals surface area contributed by atoms with Crippen LogP contribution in [0.15, 0.2) is 63.1 Å². The lowest BCUT2D eigenvalue weighted by Gasteiger charge is -2.44. The van der Waals surface area contributed by atoms with Crippen molar-refractivity contribution in [1.82, 2.24) is 78.2 Å². The molecule has 1 aliphatic heterocycles. The second-order valence-corrected chi connectivity index (χ2v) is 36.3. The van der Waals surface area contributed by atoms with Crippen molar-refractivity contribution in [3.63, 3.8) is 0 Å². The number of carbonyl (C=O) groups is 2. The molecule has 0 bridgehead atoms. The van der Waals surface area contributed by atoms with Crippen molar-refractivity contribution in [2.45, 2.75) is 262 Å². The molecule has 117 heavy (non-hydrogen) atoms. The average Bonchev–Trinajstić information content (AvgIpc) is 1.57. The number of benzene rings is 1. The summed E-state index contributed by atoms with van der Waals surface area (Å²) in [5, 5.41) is 38.5. The third-order valence-corrected chi connectivity index (χ3v) is 27.7. The molecular formula is C89H104N20O8. The summed E-state index contributed by atoms with van der Waals surface area (Å²) in [6.07, 6.45) is 27.1. The van der Waals surface area contributed by atoms with Crippen molar-refractivity contribution in [3.8, 4) is 45.0 Å². The number of aromatic nitrogens is 16. The van der Waals surface area contributed by atoms with Crippen LogP contribution in [0.2, 0.25) is 0 Å². The van der Waals surface area contributed by atoms with E-state index in [1.165, 1.54) is 108 Å². The van der Waals surface area contributed by atoms with Crippen LogP contribution >= 0.6 is 0 Å². The highest BCUT2D eigenvalue weighted by molar-refractivity contribution is 6.07. The normalized spacial score (nSPS) is 23.0. The number of aliphatic hydroxyl groups excluding tert-OH is 1. The van der Waals surface area contributed by atoms with Gasteiger partial charge in [-0.25, -0.2) is 39.9 Å². The Morgan fingerprint density at radius 3 is 1.37 bits per heavy atom. The second-order valence-electron chi connectivity index (χ2n) is 36.3. The van der Waals surface area contributed by atoms with E-state index in [1.807, 2.05) is 13.8 Å². The number of nitrogen functional groups attached to an aromatic ring is 4. The Balaban J connectivity index is 0.000000100. The van der Waals surface area contributed by atoms with Crippen LogP contribution in [0.4, 0.5) is 23.3 Å². The van der Waals surface area contributed by atoms with Gasteiger partial charge in [0.1, 0.15) is 111 Å². The number of Topliss-reactive ketones (excluding diaryl/α,β-unsaturated/α-hetero) is 1. The highest BCUT2D eigenvalue weighted by atomic mass is 16.5. The van der Waals surface area contributed by atoms with Gasteiger partial charge in [-0.15, -0.1) is 0 Å². The maximum absolute atomic E-state index is 12.0. The number of fused-ring (bicyclic) bond motifs is 22. The van der Waals surface area contributed by atoms with E-state index in [-0.39, 0.29) is 36.4 Å². The molecule has 1 aromatic carbocycles. The number of carbonyl (C=O) groups excluding carboxylic acids is 2. The van der Waals surface area contributed by atoms with Crippen LogP contribution in [0.3, 0.4) is 0 Å². The lowest BCUT2D eigenvalue weighted by molar-refractivity contribution is -0.149. The zero-order valence-corrected chi connectivity index (χ0v) is 68.2. The standard InChI is InChI=1S/C23H29N5O2.C23H25N5O.C22H25N5O3.C21H25N5O2/c1-11-4-7-15-17(19-16(11)20(30-27-19)12-5-6-12)18-21(24)25-10-26-22(18)28(15)14-8-13(9-14)23(2,3)29;1-13(2)28-17-5-4-8-27-18-10-15(9-14(3)29)6-7-16(18)11-19(27)20(17)21-22(24)25-12-26-23(21)28;1-10-3-6-14-16(18-15(10)19(30-26-18)11-4-5-11)17-20(23)24-9-25-21(17)27(14)13-7-12(8-13)22(28)29-2;1-10-2-5-14-16(18-15(10)19(28-25-18)12-3-4-12)17-20(22)23-9-24-21(17)26(14)13-6-11(7-13)8-27/h10-14,29H,4-9H2,1-3H3,(H2,24,25,26);6-7,10-13H,4-5,8-9H2,1-3H3,(H2,24,25,26);9-13H,3-8H2,1-2H3,(H2,23,24,25);9-13,27H,2-8H2,1H3,(H2,22,23,24). The Morgan fingerprint density at radius 1 is 0.547 bits per heavy atom. The van der Waals surface area contributed by atoms with E-state index >= 15 is 0 Å². The van der Waals surface area contributed by atoms with E-state index in [0.717, 1.165) is 203 Å². The van der Waals surface area contributed by atoms with Crippen molar-refractivity contribution in [1.29, 1.82) is 0 Å². The molecule has 13 aromatic rings. The number of ketones is 1. The molecular weight excluding hydrogens is 1480 g/mol. The topological polar surface area (TPSA) is 394 Å². The number of ether oxygens (including phenoxy) is 1. The Hall–Kier alpha value is -10.9. The summed E-state index contributed by atoms with van der Waals surface area (Å²) in [5.74, 6) is 8.60. The van der Waals surface area contributed by atoms with Crippen molar-refractivity contribution in [3.05, 3.63) is 112 Å². The highest BCUT2D eigenvalue weighted by Gasteiger charge is 2.47. The summed E-state index contributed by atoms with van der Waals surface area (Å²) in [6, 6.07) is 9.73. The van der Waals surface area contributed by atoms with Crippen LogP contribution in [0.1, 0.15) is 280 Å². The first-order chi connectivity index (χ1) is 56.5. The Kier molecular flexibility index (Phi) is 18.2. The number of rotatable bonds is 12. The number of aliphatic hydroxyl groups is 2. The lowest BCUT2D eigenvalue weighted by atomic mass is 9.71. The zero-order chi connectivity index (χ0) is 80.6. The fourth-order valence-electron chi connectivity index (χ4n) is 21.0. The largest absolute Gasteiger partial charge is 0.469 e. The number of nitrogens with zero attached hydrogens (tertiary/aromatic N) is 16. The van der Waals surface area contributed by atoms with Gasteiger partial charge in [0.15, 0.2) is 0 Å². The van der Waals surface area contributed by atoms with E-state index in [9.17, 15) is 19.8 Å². The van der Waals surface area contributed by atoms with Crippen LogP contribution in [-0.4, -0.2) is 119 Å². The molecule has 608 valence electrons. The number of anilines is 4. The third-order valence-electron chi connectivity index (χ3n) is 27.7. The minimum atomic E-state index is -0.655. The minimum absolute atomic E-state index is 0.0546.